The molecule has 2 nitrogen and oxygen atoms in total. The van der Waals surface area contributed by atoms with Crippen LogP contribution in [0, 0.1) is 13.8 Å². The number of halogens is 1. The maximum atomic E-state index is 4.79. The Morgan fingerprint density at radius 3 is 2.72 bits per heavy atom. The topological polar surface area (TPSA) is 24.4 Å². The van der Waals surface area contributed by atoms with Gasteiger partial charge in [-0.25, -0.2) is 0 Å². The van der Waals surface area contributed by atoms with Crippen molar-refractivity contribution < 1.29 is 0 Å². The van der Waals surface area contributed by atoms with Crippen molar-refractivity contribution in [1.29, 1.82) is 0 Å². The lowest BCUT2D eigenvalue weighted by atomic mass is 10.0. The Hall–Kier alpha value is -0.480. The zero-order chi connectivity index (χ0) is 13.3. The van der Waals surface area contributed by atoms with Gasteiger partial charge in [-0.1, -0.05) is 24.8 Å². The van der Waals surface area contributed by atoms with Crippen molar-refractivity contribution in [2.75, 3.05) is 11.1 Å². The van der Waals surface area contributed by atoms with E-state index in [9.17, 15) is 0 Å². The Labute approximate surface area is 122 Å². The molecule has 0 spiro atoms. The summed E-state index contributed by atoms with van der Waals surface area (Å²) in [6.45, 7) is 8.64. The van der Waals surface area contributed by atoms with Gasteiger partial charge in [-0.05, 0) is 60.3 Å². The average Bonchev–Trinajstić information content (AvgIpc) is 2.66. The molecule has 1 aromatic carbocycles. The normalized spacial score (nSPS) is 23.1. The number of anilines is 1. The molecule has 0 radical (unpaired) electrons. The van der Waals surface area contributed by atoms with E-state index in [4.69, 9.17) is 4.99 Å². The van der Waals surface area contributed by atoms with Gasteiger partial charge in [0, 0.05) is 10.2 Å². The molecule has 0 bridgehead atoms. The van der Waals surface area contributed by atoms with Crippen LogP contribution < -0.4 is 5.32 Å². The molecule has 0 saturated heterocycles. The van der Waals surface area contributed by atoms with Crippen molar-refractivity contribution in [1.82, 2.24) is 0 Å². The van der Waals surface area contributed by atoms with Gasteiger partial charge in [0.2, 0.25) is 0 Å². The Balaban J connectivity index is 2.24. The minimum absolute atomic E-state index is 0.0953. The SMILES string of the molecule is CCC1(C)CSC(Nc2c(C)cc(C)cc2Br)=N1. The second-order valence-corrected chi connectivity index (χ2v) is 6.94. The fraction of sp³-hybridized carbons (Fsp3) is 0.500. The molecule has 1 unspecified atom stereocenters. The number of rotatable bonds is 2. The van der Waals surface area contributed by atoms with Crippen LogP contribution in [0.15, 0.2) is 21.6 Å². The van der Waals surface area contributed by atoms with E-state index in [1.807, 2.05) is 11.8 Å². The van der Waals surface area contributed by atoms with Crippen LogP contribution >= 0.6 is 27.7 Å². The minimum atomic E-state index is 0.0953. The van der Waals surface area contributed by atoms with E-state index >= 15 is 0 Å². The zero-order valence-corrected chi connectivity index (χ0v) is 13.7. The van der Waals surface area contributed by atoms with E-state index in [0.717, 1.165) is 27.5 Å². The van der Waals surface area contributed by atoms with E-state index in [0.29, 0.717) is 0 Å². The van der Waals surface area contributed by atoms with Crippen LogP contribution in [0.25, 0.3) is 0 Å². The van der Waals surface area contributed by atoms with Gasteiger partial charge in [-0.3, -0.25) is 4.99 Å². The van der Waals surface area contributed by atoms with Crippen LogP contribution in [0.5, 0.6) is 0 Å². The number of hydrogen-bond acceptors (Lipinski definition) is 3. The molecule has 1 atom stereocenters. The molecule has 1 heterocycles. The first kappa shape index (κ1) is 13.9. The molecule has 0 aliphatic carbocycles. The standard InChI is InChI=1S/C14H19BrN2S/c1-5-14(4)8-18-13(17-14)16-12-10(3)6-9(2)7-11(12)15/h6-7H,5,8H2,1-4H3,(H,16,17). The average molecular weight is 327 g/mol. The highest BCUT2D eigenvalue weighted by atomic mass is 79.9. The molecule has 1 aromatic rings. The number of benzene rings is 1. The second-order valence-electron chi connectivity index (χ2n) is 5.12. The summed E-state index contributed by atoms with van der Waals surface area (Å²) in [5, 5.41) is 4.49. The van der Waals surface area contributed by atoms with Crippen LogP contribution in [0.1, 0.15) is 31.4 Å². The van der Waals surface area contributed by atoms with Gasteiger partial charge in [-0.2, -0.15) is 0 Å². The van der Waals surface area contributed by atoms with Gasteiger partial charge in [-0.15, -0.1) is 0 Å². The summed E-state index contributed by atoms with van der Waals surface area (Å²) in [6.07, 6.45) is 1.08. The maximum Gasteiger partial charge on any atom is 0.161 e. The Kier molecular flexibility index (Phi) is 4.07. The highest BCUT2D eigenvalue weighted by molar-refractivity contribution is 9.10. The van der Waals surface area contributed by atoms with Crippen LogP contribution in [-0.4, -0.2) is 16.5 Å². The molecule has 18 heavy (non-hydrogen) atoms. The number of aryl methyl sites for hydroxylation is 2. The highest BCUT2D eigenvalue weighted by Crippen LogP contribution is 2.33. The van der Waals surface area contributed by atoms with Gasteiger partial charge < -0.3 is 5.32 Å². The van der Waals surface area contributed by atoms with Crippen LogP contribution in [0.4, 0.5) is 5.69 Å². The highest BCUT2D eigenvalue weighted by Gasteiger charge is 2.29. The van der Waals surface area contributed by atoms with E-state index in [-0.39, 0.29) is 5.54 Å². The number of nitrogens with zero attached hydrogens (tertiary/aromatic N) is 1. The molecule has 0 fully saturated rings. The first-order chi connectivity index (χ1) is 8.43. The summed E-state index contributed by atoms with van der Waals surface area (Å²) in [5.41, 5.74) is 3.74. The molecule has 0 saturated carbocycles. The fourth-order valence-electron chi connectivity index (χ4n) is 1.96. The van der Waals surface area contributed by atoms with Crippen LogP contribution in [-0.2, 0) is 0 Å². The van der Waals surface area contributed by atoms with Gasteiger partial charge in [0.25, 0.3) is 0 Å². The Morgan fingerprint density at radius 1 is 1.44 bits per heavy atom. The van der Waals surface area contributed by atoms with Gasteiger partial charge in [0.05, 0.1) is 11.2 Å². The lowest BCUT2D eigenvalue weighted by Gasteiger charge is -2.15. The van der Waals surface area contributed by atoms with E-state index in [1.165, 1.54) is 11.1 Å². The summed E-state index contributed by atoms with van der Waals surface area (Å²) in [5.74, 6) is 1.06. The summed E-state index contributed by atoms with van der Waals surface area (Å²) in [6, 6.07) is 4.32. The zero-order valence-electron chi connectivity index (χ0n) is 11.3. The first-order valence-corrected chi connectivity index (χ1v) is 7.98. The largest absolute Gasteiger partial charge is 0.334 e. The van der Waals surface area contributed by atoms with Crippen molar-refractivity contribution in [3.63, 3.8) is 0 Å². The van der Waals surface area contributed by atoms with Gasteiger partial charge in [0.15, 0.2) is 5.17 Å². The number of amidine groups is 1. The van der Waals surface area contributed by atoms with E-state index in [2.05, 4.69) is 61.1 Å². The van der Waals surface area contributed by atoms with E-state index < -0.39 is 0 Å². The monoisotopic (exact) mass is 326 g/mol. The molecule has 0 aromatic heterocycles. The number of aliphatic imine (C=N–C) groups is 1. The summed E-state index contributed by atoms with van der Waals surface area (Å²) < 4.78 is 1.11. The molecule has 0 amide bonds. The minimum Gasteiger partial charge on any atom is -0.334 e. The smallest absolute Gasteiger partial charge is 0.161 e. The summed E-state index contributed by atoms with van der Waals surface area (Å²) in [4.78, 5) is 4.79. The maximum absolute atomic E-state index is 4.79. The quantitative estimate of drug-likeness (QED) is 0.848. The molecular weight excluding hydrogens is 308 g/mol. The van der Waals surface area contributed by atoms with Gasteiger partial charge in [0.1, 0.15) is 0 Å². The molecular formula is C14H19BrN2S. The van der Waals surface area contributed by atoms with Crippen molar-refractivity contribution >= 4 is 38.5 Å². The van der Waals surface area contributed by atoms with Gasteiger partial charge >= 0.3 is 0 Å². The molecule has 98 valence electrons. The molecule has 4 heteroatoms. The first-order valence-electron chi connectivity index (χ1n) is 6.20. The third kappa shape index (κ3) is 2.91. The number of thioether (sulfide) groups is 1. The van der Waals surface area contributed by atoms with Crippen molar-refractivity contribution in [3.8, 4) is 0 Å². The number of nitrogens with one attached hydrogen (secondary N) is 1. The lowest BCUT2D eigenvalue weighted by molar-refractivity contribution is 0.523. The van der Waals surface area contributed by atoms with Crippen molar-refractivity contribution in [2.24, 2.45) is 4.99 Å². The van der Waals surface area contributed by atoms with Crippen LogP contribution in [0.3, 0.4) is 0 Å². The molecule has 1 N–H and O–H groups in total. The number of hydrogen-bond donors (Lipinski definition) is 1. The second kappa shape index (κ2) is 5.25. The van der Waals surface area contributed by atoms with E-state index in [1.54, 1.807) is 0 Å². The third-order valence-corrected chi connectivity index (χ3v) is 5.18. The Bertz CT molecular complexity index is 476. The van der Waals surface area contributed by atoms with Crippen molar-refractivity contribution in [2.45, 2.75) is 39.7 Å². The van der Waals surface area contributed by atoms with Crippen molar-refractivity contribution in [3.05, 3.63) is 27.7 Å². The summed E-state index contributed by atoms with van der Waals surface area (Å²) in [7, 11) is 0. The predicted octanol–water partition coefficient (Wildman–Crippen LogP) is 4.75. The third-order valence-electron chi connectivity index (χ3n) is 3.32. The molecule has 2 rings (SSSR count). The van der Waals surface area contributed by atoms with Crippen LogP contribution in [0.2, 0.25) is 0 Å². The molecule has 1 aliphatic rings. The molecule has 1 aliphatic heterocycles. The predicted molar refractivity (Wildman–Crippen MR) is 85.8 cm³/mol. The Morgan fingerprint density at radius 2 is 2.17 bits per heavy atom. The fourth-order valence-corrected chi connectivity index (χ4v) is 3.91. The lowest BCUT2D eigenvalue weighted by Crippen LogP contribution is -2.20. The summed E-state index contributed by atoms with van der Waals surface area (Å²) >= 11 is 5.43.